The largest absolute Gasteiger partial charge is 0.393 e. The van der Waals surface area contributed by atoms with Crippen molar-refractivity contribution in [1.29, 1.82) is 0 Å². The average Bonchev–Trinajstić information content (AvgIpc) is 2.02. The lowest BCUT2D eigenvalue weighted by Crippen LogP contribution is -1.98. The molecule has 1 nitrogen and oxygen atoms in total. The van der Waals surface area contributed by atoms with Crippen molar-refractivity contribution in [3.8, 4) is 0 Å². The van der Waals surface area contributed by atoms with Crippen molar-refractivity contribution in [3.05, 3.63) is 24.3 Å². The van der Waals surface area contributed by atoms with E-state index in [4.69, 9.17) is 5.11 Å². The Morgan fingerprint density at radius 1 is 1.08 bits per heavy atom. The van der Waals surface area contributed by atoms with Crippen molar-refractivity contribution >= 4 is 0 Å². The van der Waals surface area contributed by atoms with Gasteiger partial charge in [0.1, 0.15) is 0 Å². The van der Waals surface area contributed by atoms with Crippen LogP contribution >= 0.6 is 0 Å². The first-order valence-corrected chi connectivity index (χ1v) is 5.05. The van der Waals surface area contributed by atoms with Crippen molar-refractivity contribution in [2.75, 3.05) is 0 Å². The molecule has 0 aliphatic heterocycles. The van der Waals surface area contributed by atoms with Crippen molar-refractivity contribution in [3.63, 3.8) is 0 Å². The van der Waals surface area contributed by atoms with Crippen LogP contribution in [-0.4, -0.2) is 11.2 Å². The molecule has 13 heavy (non-hydrogen) atoms. The van der Waals surface area contributed by atoms with Crippen LogP contribution in [0, 0.1) is 11.8 Å². The minimum Gasteiger partial charge on any atom is -0.393 e. The summed E-state index contributed by atoms with van der Waals surface area (Å²) in [6, 6.07) is 0. The Morgan fingerprint density at radius 3 is 2.15 bits per heavy atom. The predicted molar refractivity (Wildman–Crippen MR) is 58.6 cm³/mol. The van der Waals surface area contributed by atoms with Gasteiger partial charge in [-0.2, -0.15) is 0 Å². The molecule has 0 aromatic carbocycles. The Hall–Kier alpha value is -0.560. The summed E-state index contributed by atoms with van der Waals surface area (Å²) >= 11 is 0. The van der Waals surface area contributed by atoms with Gasteiger partial charge in [0.05, 0.1) is 6.10 Å². The van der Waals surface area contributed by atoms with Crippen LogP contribution in [0.15, 0.2) is 24.3 Å². The normalized spacial score (nSPS) is 17.4. The summed E-state index contributed by atoms with van der Waals surface area (Å²) in [6.45, 7) is 8.44. The van der Waals surface area contributed by atoms with E-state index in [0.717, 1.165) is 6.42 Å². The van der Waals surface area contributed by atoms with Gasteiger partial charge in [-0.25, -0.2) is 0 Å². The minimum atomic E-state index is -0.229. The molecule has 1 heteroatoms. The third-order valence-corrected chi connectivity index (χ3v) is 2.19. The van der Waals surface area contributed by atoms with Crippen molar-refractivity contribution in [1.82, 2.24) is 0 Å². The Bertz CT molecular complexity index is 166. The van der Waals surface area contributed by atoms with Gasteiger partial charge in [0.2, 0.25) is 0 Å². The smallest absolute Gasteiger partial charge is 0.0546 e. The molecule has 0 amide bonds. The van der Waals surface area contributed by atoms with E-state index in [9.17, 15) is 0 Å². The predicted octanol–water partition coefficient (Wildman–Crippen LogP) is 3.16. The molecule has 0 aromatic rings. The molecule has 0 saturated carbocycles. The number of hydrogen-bond acceptors (Lipinski definition) is 1. The first-order chi connectivity index (χ1) is 6.04. The molecular weight excluding hydrogens is 160 g/mol. The molecule has 0 spiro atoms. The topological polar surface area (TPSA) is 20.2 Å². The first-order valence-electron chi connectivity index (χ1n) is 5.05. The van der Waals surface area contributed by atoms with Crippen LogP contribution in [-0.2, 0) is 0 Å². The van der Waals surface area contributed by atoms with Gasteiger partial charge in [-0.1, -0.05) is 45.1 Å². The van der Waals surface area contributed by atoms with Crippen molar-refractivity contribution in [2.24, 2.45) is 11.8 Å². The maximum Gasteiger partial charge on any atom is 0.0546 e. The molecule has 0 fully saturated rings. The van der Waals surface area contributed by atoms with Gasteiger partial charge in [0, 0.05) is 0 Å². The van der Waals surface area contributed by atoms with Gasteiger partial charge in [0.25, 0.3) is 0 Å². The van der Waals surface area contributed by atoms with Gasteiger partial charge in [-0.05, 0) is 25.2 Å². The van der Waals surface area contributed by atoms with E-state index in [1.807, 2.05) is 12.2 Å². The summed E-state index contributed by atoms with van der Waals surface area (Å²) < 4.78 is 0. The monoisotopic (exact) mass is 182 g/mol. The quantitative estimate of drug-likeness (QED) is 0.647. The minimum absolute atomic E-state index is 0.229. The second-order valence-corrected chi connectivity index (χ2v) is 4.00. The Kier molecular flexibility index (Phi) is 6.61. The Balaban J connectivity index is 3.67. The van der Waals surface area contributed by atoms with Crippen LogP contribution in [0.4, 0.5) is 0 Å². The Morgan fingerprint density at radius 2 is 1.69 bits per heavy atom. The summed E-state index contributed by atoms with van der Waals surface area (Å²) in [4.78, 5) is 0. The van der Waals surface area contributed by atoms with Crippen molar-refractivity contribution in [2.45, 2.75) is 40.2 Å². The van der Waals surface area contributed by atoms with Gasteiger partial charge in [-0.3, -0.25) is 0 Å². The average molecular weight is 182 g/mol. The molecule has 0 aliphatic rings. The molecule has 0 saturated heterocycles. The van der Waals surface area contributed by atoms with Crippen LogP contribution < -0.4 is 0 Å². The summed E-state index contributed by atoms with van der Waals surface area (Å²) in [5.41, 5.74) is 0. The van der Waals surface area contributed by atoms with E-state index in [1.54, 1.807) is 6.92 Å². The molecule has 2 unspecified atom stereocenters. The highest BCUT2D eigenvalue weighted by molar-refractivity contribution is 5.04. The zero-order valence-corrected chi connectivity index (χ0v) is 9.20. The number of rotatable bonds is 5. The molecule has 2 atom stereocenters. The second-order valence-electron chi connectivity index (χ2n) is 4.00. The summed E-state index contributed by atoms with van der Waals surface area (Å²) in [5, 5.41) is 8.97. The summed E-state index contributed by atoms with van der Waals surface area (Å²) in [7, 11) is 0. The molecular formula is C12H22O. The molecule has 1 N–H and O–H groups in total. The summed E-state index contributed by atoms with van der Waals surface area (Å²) in [6.07, 6.45) is 8.77. The lowest BCUT2D eigenvalue weighted by atomic mass is 9.98. The fourth-order valence-corrected chi connectivity index (χ4v) is 0.816. The van der Waals surface area contributed by atoms with Gasteiger partial charge >= 0.3 is 0 Å². The molecule has 0 bridgehead atoms. The SMILES string of the molecule is CC(O)C/C=C/C=C/C(C)C(C)C. The highest BCUT2D eigenvalue weighted by Crippen LogP contribution is 2.10. The molecule has 0 radical (unpaired) electrons. The number of hydrogen-bond donors (Lipinski definition) is 1. The van der Waals surface area contributed by atoms with Crippen LogP contribution in [0.25, 0.3) is 0 Å². The van der Waals surface area contributed by atoms with Gasteiger partial charge < -0.3 is 5.11 Å². The fourth-order valence-electron chi connectivity index (χ4n) is 0.816. The molecule has 0 heterocycles. The Labute approximate surface area is 82.2 Å². The number of aliphatic hydroxyl groups excluding tert-OH is 1. The van der Waals surface area contributed by atoms with E-state index in [0.29, 0.717) is 11.8 Å². The molecule has 0 rings (SSSR count). The third kappa shape index (κ3) is 7.79. The van der Waals surface area contributed by atoms with E-state index in [2.05, 4.69) is 32.9 Å². The van der Waals surface area contributed by atoms with E-state index in [-0.39, 0.29) is 6.10 Å². The van der Waals surface area contributed by atoms with E-state index < -0.39 is 0 Å². The highest BCUT2D eigenvalue weighted by atomic mass is 16.3. The number of aliphatic hydroxyl groups is 1. The van der Waals surface area contributed by atoms with Crippen LogP contribution in [0.3, 0.4) is 0 Å². The van der Waals surface area contributed by atoms with Crippen LogP contribution in [0.2, 0.25) is 0 Å². The molecule has 0 aromatic heterocycles. The number of allylic oxidation sites excluding steroid dienone is 3. The zero-order valence-electron chi connectivity index (χ0n) is 9.20. The second kappa shape index (κ2) is 6.90. The van der Waals surface area contributed by atoms with Gasteiger partial charge in [-0.15, -0.1) is 0 Å². The third-order valence-electron chi connectivity index (χ3n) is 2.19. The zero-order chi connectivity index (χ0) is 10.3. The van der Waals surface area contributed by atoms with Crippen LogP contribution in [0.1, 0.15) is 34.1 Å². The van der Waals surface area contributed by atoms with E-state index in [1.165, 1.54) is 0 Å². The highest BCUT2D eigenvalue weighted by Gasteiger charge is 2.00. The fraction of sp³-hybridized carbons (Fsp3) is 0.667. The maximum absolute atomic E-state index is 8.97. The molecule has 76 valence electrons. The standard InChI is InChI=1S/C12H22O/c1-10(2)11(3)8-6-5-7-9-12(4)13/h5-8,10-13H,9H2,1-4H3/b7-5+,8-6+. The van der Waals surface area contributed by atoms with Gasteiger partial charge in [0.15, 0.2) is 0 Å². The van der Waals surface area contributed by atoms with E-state index >= 15 is 0 Å². The molecule has 0 aliphatic carbocycles. The lowest BCUT2D eigenvalue weighted by Gasteiger charge is -2.08. The maximum atomic E-state index is 8.97. The lowest BCUT2D eigenvalue weighted by molar-refractivity contribution is 0.198. The van der Waals surface area contributed by atoms with Crippen molar-refractivity contribution < 1.29 is 5.11 Å². The first kappa shape index (κ1) is 12.4. The van der Waals surface area contributed by atoms with Crippen LogP contribution in [0.5, 0.6) is 0 Å². The summed E-state index contributed by atoms with van der Waals surface area (Å²) in [5.74, 6) is 1.32.